The van der Waals surface area contributed by atoms with E-state index in [4.69, 9.17) is 0 Å². The lowest BCUT2D eigenvalue weighted by Gasteiger charge is -2.20. The number of thiazole rings is 1. The van der Waals surface area contributed by atoms with Gasteiger partial charge in [0.15, 0.2) is 0 Å². The molecular weight excluding hydrogens is 306 g/mol. The van der Waals surface area contributed by atoms with Crippen molar-refractivity contribution in [2.24, 2.45) is 0 Å². The lowest BCUT2D eigenvalue weighted by molar-refractivity contribution is 0.0946. The molecule has 2 aromatic rings. The highest BCUT2D eigenvalue weighted by molar-refractivity contribution is 7.09. The maximum Gasteiger partial charge on any atom is 0.271 e. The highest BCUT2D eigenvalue weighted by atomic mass is 32.1. The van der Waals surface area contributed by atoms with E-state index >= 15 is 0 Å². The first-order chi connectivity index (χ1) is 11.1. The zero-order valence-corrected chi connectivity index (χ0v) is 14.5. The molecule has 1 aliphatic heterocycles. The Hall–Kier alpha value is -1.72. The van der Waals surface area contributed by atoms with Crippen LogP contribution in [0.25, 0.3) is 0 Å². The van der Waals surface area contributed by atoms with Crippen LogP contribution in [0.15, 0.2) is 23.6 Å². The number of benzene rings is 1. The Labute approximate surface area is 141 Å². The van der Waals surface area contributed by atoms with E-state index in [1.165, 1.54) is 11.1 Å². The number of rotatable bonds is 4. The van der Waals surface area contributed by atoms with Gasteiger partial charge in [0.25, 0.3) is 5.91 Å². The number of carbonyl (C=O) groups excluding carboxylic acids is 1. The molecule has 4 nitrogen and oxygen atoms in total. The molecule has 5 heteroatoms. The van der Waals surface area contributed by atoms with Gasteiger partial charge in [0.1, 0.15) is 5.69 Å². The van der Waals surface area contributed by atoms with Gasteiger partial charge in [0.2, 0.25) is 0 Å². The van der Waals surface area contributed by atoms with Gasteiger partial charge in [-0.2, -0.15) is 0 Å². The topological polar surface area (TPSA) is 54.0 Å². The molecule has 0 unspecified atom stereocenters. The van der Waals surface area contributed by atoms with Crippen LogP contribution in [-0.2, 0) is 6.54 Å². The SMILES string of the molecule is Cc1cc(C)cc(CNC(=O)c2csc(C3CCNCC3)n2)c1. The summed E-state index contributed by atoms with van der Waals surface area (Å²) in [6, 6.07) is 6.35. The van der Waals surface area contributed by atoms with Crippen LogP contribution in [-0.4, -0.2) is 24.0 Å². The molecule has 2 heterocycles. The summed E-state index contributed by atoms with van der Waals surface area (Å²) in [6.07, 6.45) is 2.22. The molecule has 0 saturated carbocycles. The number of nitrogens with zero attached hydrogens (tertiary/aromatic N) is 1. The van der Waals surface area contributed by atoms with Crippen molar-refractivity contribution in [1.29, 1.82) is 0 Å². The van der Waals surface area contributed by atoms with Gasteiger partial charge >= 0.3 is 0 Å². The van der Waals surface area contributed by atoms with Gasteiger partial charge in [0.05, 0.1) is 5.01 Å². The monoisotopic (exact) mass is 329 g/mol. The predicted octanol–water partition coefficient (Wildman–Crippen LogP) is 3.16. The lowest BCUT2D eigenvalue weighted by Crippen LogP contribution is -2.27. The number of hydrogen-bond donors (Lipinski definition) is 2. The van der Waals surface area contributed by atoms with Crippen LogP contribution in [0, 0.1) is 13.8 Å². The third-order valence-corrected chi connectivity index (χ3v) is 5.18. The molecule has 2 N–H and O–H groups in total. The molecular formula is C18H23N3OS. The lowest BCUT2D eigenvalue weighted by atomic mass is 9.99. The van der Waals surface area contributed by atoms with Crippen molar-refractivity contribution < 1.29 is 4.79 Å². The Morgan fingerprint density at radius 1 is 1.26 bits per heavy atom. The first-order valence-corrected chi connectivity index (χ1v) is 9.01. The van der Waals surface area contributed by atoms with Gasteiger partial charge < -0.3 is 10.6 Å². The summed E-state index contributed by atoms with van der Waals surface area (Å²) in [5, 5.41) is 9.32. The summed E-state index contributed by atoms with van der Waals surface area (Å²) < 4.78 is 0. The third-order valence-electron chi connectivity index (χ3n) is 4.18. The minimum atomic E-state index is -0.0828. The fourth-order valence-electron chi connectivity index (χ4n) is 3.09. The van der Waals surface area contributed by atoms with E-state index in [0.717, 1.165) is 36.5 Å². The van der Waals surface area contributed by atoms with Crippen molar-refractivity contribution in [1.82, 2.24) is 15.6 Å². The molecule has 0 radical (unpaired) electrons. The highest BCUT2D eigenvalue weighted by Gasteiger charge is 2.20. The van der Waals surface area contributed by atoms with Gasteiger partial charge in [-0.05, 0) is 45.3 Å². The zero-order chi connectivity index (χ0) is 16.2. The van der Waals surface area contributed by atoms with E-state index in [0.29, 0.717) is 18.2 Å². The van der Waals surface area contributed by atoms with Crippen LogP contribution >= 0.6 is 11.3 Å². The van der Waals surface area contributed by atoms with Gasteiger partial charge in [0, 0.05) is 17.8 Å². The first-order valence-electron chi connectivity index (χ1n) is 8.13. The number of nitrogens with one attached hydrogen (secondary N) is 2. The van der Waals surface area contributed by atoms with Gasteiger partial charge in [-0.1, -0.05) is 29.3 Å². The molecule has 1 amide bonds. The minimum absolute atomic E-state index is 0.0828. The second-order valence-electron chi connectivity index (χ2n) is 6.27. The van der Waals surface area contributed by atoms with Crippen LogP contribution in [0.1, 0.15) is 50.9 Å². The standard InChI is InChI=1S/C18H23N3OS/c1-12-7-13(2)9-14(8-12)10-20-17(22)16-11-23-18(21-16)15-3-5-19-6-4-15/h7-9,11,15,19H,3-6,10H2,1-2H3,(H,20,22). The Morgan fingerprint density at radius 2 is 1.96 bits per heavy atom. The summed E-state index contributed by atoms with van der Waals surface area (Å²) >= 11 is 1.61. The van der Waals surface area contributed by atoms with Crippen LogP contribution in [0.2, 0.25) is 0 Å². The average Bonchev–Trinajstić information content (AvgIpc) is 3.03. The minimum Gasteiger partial charge on any atom is -0.347 e. The summed E-state index contributed by atoms with van der Waals surface area (Å²) in [4.78, 5) is 16.9. The molecule has 1 aromatic carbocycles. The van der Waals surface area contributed by atoms with Crippen molar-refractivity contribution in [3.8, 4) is 0 Å². The number of piperidine rings is 1. The molecule has 3 rings (SSSR count). The Bertz CT molecular complexity index is 669. The molecule has 1 aliphatic rings. The van der Waals surface area contributed by atoms with Crippen molar-refractivity contribution in [2.45, 2.75) is 39.2 Å². The van der Waals surface area contributed by atoms with Crippen LogP contribution in [0.3, 0.4) is 0 Å². The number of hydrogen-bond acceptors (Lipinski definition) is 4. The van der Waals surface area contributed by atoms with E-state index in [1.54, 1.807) is 11.3 Å². The quantitative estimate of drug-likeness (QED) is 0.906. The maximum atomic E-state index is 12.3. The second kappa shape index (κ2) is 7.23. The molecule has 23 heavy (non-hydrogen) atoms. The van der Waals surface area contributed by atoms with Crippen molar-refractivity contribution in [3.63, 3.8) is 0 Å². The molecule has 1 saturated heterocycles. The summed E-state index contributed by atoms with van der Waals surface area (Å²) in [6.45, 7) is 6.77. The number of carbonyl (C=O) groups is 1. The van der Waals surface area contributed by atoms with E-state index in [-0.39, 0.29) is 5.91 Å². The summed E-state index contributed by atoms with van der Waals surface area (Å²) in [5.41, 5.74) is 4.12. The molecule has 0 atom stereocenters. The number of amides is 1. The second-order valence-corrected chi connectivity index (χ2v) is 7.16. The zero-order valence-electron chi connectivity index (χ0n) is 13.7. The van der Waals surface area contributed by atoms with Gasteiger partial charge in [-0.15, -0.1) is 11.3 Å². The molecule has 122 valence electrons. The Morgan fingerprint density at radius 3 is 2.65 bits per heavy atom. The van der Waals surface area contributed by atoms with Crippen molar-refractivity contribution >= 4 is 17.2 Å². The number of aromatic nitrogens is 1. The Balaban J connectivity index is 1.61. The first kappa shape index (κ1) is 16.1. The maximum absolute atomic E-state index is 12.3. The third kappa shape index (κ3) is 4.18. The van der Waals surface area contributed by atoms with Crippen LogP contribution in [0.4, 0.5) is 0 Å². The smallest absolute Gasteiger partial charge is 0.271 e. The fourth-order valence-corrected chi connectivity index (χ4v) is 4.06. The summed E-state index contributed by atoms with van der Waals surface area (Å²) in [5.74, 6) is 0.419. The molecule has 1 aromatic heterocycles. The van der Waals surface area contributed by atoms with Crippen molar-refractivity contribution in [2.75, 3.05) is 13.1 Å². The van der Waals surface area contributed by atoms with Gasteiger partial charge in [-0.3, -0.25) is 4.79 Å². The molecule has 0 bridgehead atoms. The van der Waals surface area contributed by atoms with Gasteiger partial charge in [-0.25, -0.2) is 4.98 Å². The number of aryl methyl sites for hydroxylation is 2. The normalized spacial score (nSPS) is 15.6. The average molecular weight is 329 g/mol. The van der Waals surface area contributed by atoms with E-state index < -0.39 is 0 Å². The molecule has 0 spiro atoms. The molecule has 1 fully saturated rings. The van der Waals surface area contributed by atoms with E-state index in [9.17, 15) is 4.79 Å². The molecule has 0 aliphatic carbocycles. The van der Waals surface area contributed by atoms with Crippen LogP contribution < -0.4 is 10.6 Å². The van der Waals surface area contributed by atoms with Crippen LogP contribution in [0.5, 0.6) is 0 Å². The highest BCUT2D eigenvalue weighted by Crippen LogP contribution is 2.27. The summed E-state index contributed by atoms with van der Waals surface area (Å²) in [7, 11) is 0. The Kier molecular flexibility index (Phi) is 5.08. The fraction of sp³-hybridized carbons (Fsp3) is 0.444. The largest absolute Gasteiger partial charge is 0.347 e. The van der Waals surface area contributed by atoms with E-state index in [1.807, 2.05) is 5.38 Å². The predicted molar refractivity (Wildman–Crippen MR) is 94.0 cm³/mol. The van der Waals surface area contributed by atoms with Crippen molar-refractivity contribution in [3.05, 3.63) is 51.0 Å². The van der Waals surface area contributed by atoms with E-state index in [2.05, 4.69) is 47.7 Å².